The molecule has 1 aliphatic rings. The van der Waals surface area contributed by atoms with Crippen molar-refractivity contribution in [2.24, 2.45) is 5.92 Å². The number of nitrogens with one attached hydrogen (secondary N) is 1. The Morgan fingerprint density at radius 1 is 1.26 bits per heavy atom. The van der Waals surface area contributed by atoms with Gasteiger partial charge < -0.3 is 4.74 Å². The molecule has 7 heteroatoms. The molecule has 1 atom stereocenters. The maximum absolute atomic E-state index is 12.4. The van der Waals surface area contributed by atoms with Gasteiger partial charge in [0.25, 0.3) is 0 Å². The van der Waals surface area contributed by atoms with Crippen molar-refractivity contribution in [1.29, 1.82) is 0 Å². The first-order valence-electron chi connectivity index (χ1n) is 8.12. The van der Waals surface area contributed by atoms with Crippen LogP contribution in [0.4, 0.5) is 0 Å². The molecule has 0 amide bonds. The van der Waals surface area contributed by atoms with Crippen LogP contribution in [0.25, 0.3) is 11.0 Å². The molecule has 2 aromatic rings. The van der Waals surface area contributed by atoms with Crippen molar-refractivity contribution in [3.8, 4) is 0 Å². The first-order chi connectivity index (χ1) is 11.0. The zero-order chi connectivity index (χ0) is 16.6. The van der Waals surface area contributed by atoms with Crippen LogP contribution in [0.2, 0.25) is 0 Å². The number of hydrogen-bond acceptors (Lipinski definition) is 4. The third kappa shape index (κ3) is 2.39. The van der Waals surface area contributed by atoms with Crippen LogP contribution in [-0.4, -0.2) is 60.1 Å². The third-order valence-electron chi connectivity index (χ3n) is 4.77. The quantitative estimate of drug-likeness (QED) is 0.855. The molecule has 0 saturated carbocycles. The number of morpholine rings is 1. The van der Waals surface area contributed by atoms with Crippen LogP contribution < -0.4 is 4.54 Å². The summed E-state index contributed by atoms with van der Waals surface area (Å²) in [5.74, 6) is -0.207. The lowest BCUT2D eigenvalue weighted by molar-refractivity contribution is -0.544. The molecule has 1 N–H and O–H groups in total. The van der Waals surface area contributed by atoms with E-state index >= 15 is 0 Å². The normalized spacial score (nSPS) is 19.6. The molecule has 126 valence electrons. The Morgan fingerprint density at radius 3 is 2.52 bits per heavy atom. The number of aromatic nitrogens is 3. The molecule has 1 aliphatic heterocycles. The van der Waals surface area contributed by atoms with Crippen LogP contribution in [0, 0.1) is 10.8 Å². The van der Waals surface area contributed by atoms with Crippen molar-refractivity contribution < 1.29 is 9.28 Å². The van der Waals surface area contributed by atoms with Crippen LogP contribution >= 0.6 is 0 Å². The van der Waals surface area contributed by atoms with Gasteiger partial charge in [-0.15, -0.1) is 4.68 Å². The van der Waals surface area contributed by atoms with Gasteiger partial charge in [-0.3, -0.25) is 4.90 Å². The molecular weight excluding hydrogens is 294 g/mol. The maximum Gasteiger partial charge on any atom is 0.249 e. The number of hydrogen-bond donors (Lipinski definition) is 1. The SMILES string of the molecule is CC(C)C(N(C)C)(N1CCOCC1)n1[nH][n+](=O)c2ccccc21. The molecule has 7 nitrogen and oxygen atoms in total. The van der Waals surface area contributed by atoms with Gasteiger partial charge in [-0.25, -0.2) is 4.90 Å². The molecule has 0 spiro atoms. The lowest BCUT2D eigenvalue weighted by atomic mass is 10.0. The summed E-state index contributed by atoms with van der Waals surface area (Å²) in [4.78, 5) is 16.9. The summed E-state index contributed by atoms with van der Waals surface area (Å²) in [5.41, 5.74) is 1.55. The molecule has 0 bridgehead atoms. The number of benzene rings is 1. The minimum atomic E-state index is -0.459. The number of aromatic amines is 1. The van der Waals surface area contributed by atoms with Crippen LogP contribution in [-0.2, 0) is 10.5 Å². The molecule has 1 aromatic heterocycles. The first-order valence-corrected chi connectivity index (χ1v) is 8.12. The van der Waals surface area contributed by atoms with E-state index in [2.05, 4.69) is 43.0 Å². The van der Waals surface area contributed by atoms with Gasteiger partial charge in [0.1, 0.15) is 0 Å². The van der Waals surface area contributed by atoms with Crippen molar-refractivity contribution in [1.82, 2.24) is 19.7 Å². The molecule has 1 aromatic carbocycles. The van der Waals surface area contributed by atoms with Crippen molar-refractivity contribution in [2.75, 3.05) is 40.4 Å². The standard InChI is InChI=1S/C16H26N5O2/c1-13(2)16(18(3)4,19-9-11-23-12-10-19)20-14-7-5-6-8-15(14)21(22)17-20/h5-8,13H,9-12H2,1-4H3,(H,17,22)/q+1. The second-order valence-electron chi connectivity index (χ2n) is 6.55. The van der Waals surface area contributed by atoms with Crippen molar-refractivity contribution in [2.45, 2.75) is 19.6 Å². The molecular formula is C16H26N5O2+. The summed E-state index contributed by atoms with van der Waals surface area (Å²) in [6.07, 6.45) is 0. The average Bonchev–Trinajstić information content (AvgIpc) is 2.86. The van der Waals surface area contributed by atoms with E-state index < -0.39 is 5.79 Å². The lowest BCUT2D eigenvalue weighted by Gasteiger charge is -2.48. The van der Waals surface area contributed by atoms with Crippen LogP contribution in [0.3, 0.4) is 0 Å². The second-order valence-corrected chi connectivity index (χ2v) is 6.55. The zero-order valence-corrected chi connectivity index (χ0v) is 14.3. The number of H-pyrrole nitrogens is 1. The van der Waals surface area contributed by atoms with E-state index in [1.54, 1.807) is 0 Å². The number of ether oxygens (including phenoxy) is 1. The largest absolute Gasteiger partial charge is 0.379 e. The van der Waals surface area contributed by atoms with E-state index in [9.17, 15) is 4.91 Å². The lowest BCUT2D eigenvalue weighted by Crippen LogP contribution is -2.65. The monoisotopic (exact) mass is 320 g/mol. The molecule has 0 radical (unpaired) electrons. The minimum absolute atomic E-state index is 0.252. The number of fused-ring (bicyclic) bond motifs is 1. The number of para-hydroxylation sites is 2. The molecule has 23 heavy (non-hydrogen) atoms. The van der Waals surface area contributed by atoms with Crippen molar-refractivity contribution in [3.05, 3.63) is 29.2 Å². The van der Waals surface area contributed by atoms with Gasteiger partial charge in [0, 0.05) is 19.0 Å². The first kappa shape index (κ1) is 16.2. The Hall–Kier alpha value is -1.70. The fourth-order valence-corrected chi connectivity index (χ4v) is 3.93. The molecule has 1 fully saturated rings. The van der Waals surface area contributed by atoms with Gasteiger partial charge in [0.05, 0.1) is 17.8 Å². The predicted octanol–water partition coefficient (Wildman–Crippen LogP) is 1.04. The third-order valence-corrected chi connectivity index (χ3v) is 4.77. The highest BCUT2D eigenvalue weighted by Gasteiger charge is 2.51. The molecule has 2 heterocycles. The van der Waals surface area contributed by atoms with Gasteiger partial charge in [-0.05, 0) is 31.1 Å². The fourth-order valence-electron chi connectivity index (χ4n) is 3.93. The van der Waals surface area contributed by atoms with E-state index in [0.29, 0.717) is 18.7 Å². The minimum Gasteiger partial charge on any atom is -0.379 e. The highest BCUT2D eigenvalue weighted by Crippen LogP contribution is 2.34. The molecule has 3 rings (SSSR count). The Kier molecular flexibility index (Phi) is 4.27. The molecule has 1 unspecified atom stereocenters. The summed E-state index contributed by atoms with van der Waals surface area (Å²) >= 11 is 0. The van der Waals surface area contributed by atoms with Crippen LogP contribution in [0.15, 0.2) is 24.3 Å². The zero-order valence-electron chi connectivity index (χ0n) is 14.3. The summed E-state index contributed by atoms with van der Waals surface area (Å²) in [7, 11) is 4.13. The summed E-state index contributed by atoms with van der Waals surface area (Å²) in [5, 5.41) is 3.01. The maximum atomic E-state index is 12.4. The predicted molar refractivity (Wildman–Crippen MR) is 88.5 cm³/mol. The van der Waals surface area contributed by atoms with E-state index in [1.165, 1.54) is 0 Å². The van der Waals surface area contributed by atoms with E-state index in [0.717, 1.165) is 23.1 Å². The fraction of sp³-hybridized carbons (Fsp3) is 0.625. The molecule has 1 saturated heterocycles. The van der Waals surface area contributed by atoms with E-state index in [1.807, 2.05) is 28.9 Å². The van der Waals surface area contributed by atoms with Gasteiger partial charge in [-0.2, -0.15) is 0 Å². The van der Waals surface area contributed by atoms with Crippen LogP contribution in [0.5, 0.6) is 0 Å². The summed E-state index contributed by atoms with van der Waals surface area (Å²) in [6.45, 7) is 7.45. The molecule has 0 aliphatic carbocycles. The highest BCUT2D eigenvalue weighted by molar-refractivity contribution is 5.71. The Balaban J connectivity index is 2.27. The summed E-state index contributed by atoms with van der Waals surface area (Å²) in [6, 6.07) is 7.68. The van der Waals surface area contributed by atoms with Crippen molar-refractivity contribution in [3.63, 3.8) is 0 Å². The van der Waals surface area contributed by atoms with Gasteiger partial charge in [-0.1, -0.05) is 31.2 Å². The number of rotatable bonds is 4. The summed E-state index contributed by atoms with van der Waals surface area (Å²) < 4.78 is 8.39. The Labute approximate surface area is 136 Å². The topological polar surface area (TPSA) is 59.4 Å². The Morgan fingerprint density at radius 2 is 1.91 bits per heavy atom. The smallest absolute Gasteiger partial charge is 0.249 e. The van der Waals surface area contributed by atoms with Gasteiger partial charge in [0.2, 0.25) is 16.8 Å². The number of nitrogens with zero attached hydrogens (tertiary/aromatic N) is 4. The highest BCUT2D eigenvalue weighted by atomic mass is 16.5. The second kappa shape index (κ2) is 6.07. The Bertz CT molecular complexity index is 719. The van der Waals surface area contributed by atoms with Gasteiger partial charge >= 0.3 is 0 Å². The van der Waals surface area contributed by atoms with E-state index in [-0.39, 0.29) is 5.92 Å². The van der Waals surface area contributed by atoms with E-state index in [4.69, 9.17) is 4.74 Å². The van der Waals surface area contributed by atoms with Gasteiger partial charge in [0.15, 0.2) is 0 Å². The van der Waals surface area contributed by atoms with Crippen LogP contribution in [0.1, 0.15) is 13.8 Å². The van der Waals surface area contributed by atoms with Crippen molar-refractivity contribution >= 4 is 11.0 Å². The average molecular weight is 320 g/mol.